The molecule has 0 atom stereocenters. The summed E-state index contributed by atoms with van der Waals surface area (Å²) >= 11 is 0.219. The Morgan fingerprint density at radius 2 is 1.86 bits per heavy atom. The van der Waals surface area contributed by atoms with Crippen LogP contribution in [0.5, 0.6) is 0 Å². The molecular weight excluding hydrogens is 265 g/mol. The van der Waals surface area contributed by atoms with Crippen LogP contribution in [0.3, 0.4) is 0 Å². The Kier molecular flexibility index (Phi) is 3.96. The van der Waals surface area contributed by atoms with E-state index in [2.05, 4.69) is 0 Å². The van der Waals surface area contributed by atoms with Gasteiger partial charge >= 0.3 is 6.18 Å². The highest BCUT2D eigenvalue weighted by Crippen LogP contribution is 2.35. The molecule has 0 unspecified atom stereocenters. The zero-order valence-electron chi connectivity index (χ0n) is 6.28. The first-order valence-electron chi connectivity index (χ1n) is 2.84. The van der Waals surface area contributed by atoms with Crippen LogP contribution in [0.25, 0.3) is 0 Å². The fraction of sp³-hybridized carbons (Fsp3) is 0.200. The average Bonchev–Trinajstić information content (AvgIpc) is 2.28. The number of hydrogen-bond donors (Lipinski definition) is 1. The molecule has 0 radical (unpaired) electrons. The second-order valence-corrected chi connectivity index (χ2v) is 4.45. The van der Waals surface area contributed by atoms with Gasteiger partial charge < -0.3 is 0 Å². The summed E-state index contributed by atoms with van der Waals surface area (Å²) in [7, 11) is -4.53. The number of alkyl halides is 3. The van der Waals surface area contributed by atoms with Crippen LogP contribution in [-0.2, 0) is 16.3 Å². The quantitative estimate of drug-likeness (QED) is 0.796. The van der Waals surface area contributed by atoms with E-state index in [1.54, 1.807) is 0 Å². The highest BCUT2D eigenvalue weighted by molar-refractivity contribution is 7.86. The van der Waals surface area contributed by atoms with Gasteiger partial charge in [-0.15, -0.1) is 23.7 Å². The summed E-state index contributed by atoms with van der Waals surface area (Å²) in [5.41, 5.74) is 0. The van der Waals surface area contributed by atoms with Crippen LogP contribution in [0.1, 0.15) is 4.88 Å². The fourth-order valence-corrected chi connectivity index (χ4v) is 2.21. The lowest BCUT2D eigenvalue weighted by atomic mass is 10.5. The predicted octanol–water partition coefficient (Wildman–Crippen LogP) is 2.44. The predicted molar refractivity (Wildman–Crippen MR) is 46.4 cm³/mol. The number of rotatable bonds is 1. The van der Waals surface area contributed by atoms with E-state index in [0.29, 0.717) is 6.07 Å². The summed E-state index contributed by atoms with van der Waals surface area (Å²) < 4.78 is 64.9. The smallest absolute Gasteiger partial charge is 0.282 e. The molecule has 1 heterocycles. The third-order valence-corrected chi connectivity index (χ3v) is 3.11. The van der Waals surface area contributed by atoms with E-state index in [4.69, 9.17) is 4.55 Å². The van der Waals surface area contributed by atoms with Gasteiger partial charge in [-0.2, -0.15) is 21.6 Å². The van der Waals surface area contributed by atoms with Crippen molar-refractivity contribution in [3.63, 3.8) is 0 Å². The second kappa shape index (κ2) is 4.05. The van der Waals surface area contributed by atoms with E-state index in [9.17, 15) is 21.6 Å². The highest BCUT2D eigenvalue weighted by atomic mass is 35.5. The molecule has 0 aromatic carbocycles. The van der Waals surface area contributed by atoms with Gasteiger partial charge in [0, 0.05) is 5.38 Å². The number of halogens is 4. The van der Waals surface area contributed by atoms with Crippen molar-refractivity contribution in [3.8, 4) is 0 Å². The van der Waals surface area contributed by atoms with Crippen molar-refractivity contribution in [2.75, 3.05) is 0 Å². The summed E-state index contributed by atoms with van der Waals surface area (Å²) in [6, 6.07) is 0.389. The second-order valence-electron chi connectivity index (χ2n) is 2.12. The largest absolute Gasteiger partial charge is 0.425 e. The first-order valence-corrected chi connectivity index (χ1v) is 5.16. The van der Waals surface area contributed by atoms with Gasteiger partial charge in [-0.1, -0.05) is 0 Å². The van der Waals surface area contributed by atoms with E-state index in [1.165, 1.54) is 0 Å². The van der Waals surface area contributed by atoms with Gasteiger partial charge in [-0.05, 0) is 6.07 Å². The molecule has 1 N–H and O–H groups in total. The van der Waals surface area contributed by atoms with E-state index in [0.717, 1.165) is 5.38 Å². The van der Waals surface area contributed by atoms with Crippen molar-refractivity contribution >= 4 is 33.9 Å². The molecule has 0 fully saturated rings. The summed E-state index contributed by atoms with van der Waals surface area (Å²) in [6.07, 6.45) is -4.58. The standard InChI is InChI=1S/C5H3F3O3S2.ClH/c6-5(7,8)4-1-3(2-12-4)13(9,10)11;/h1-2H,(H,9,10,11);1H. The summed E-state index contributed by atoms with van der Waals surface area (Å²) in [6.45, 7) is 0. The molecule has 0 saturated heterocycles. The molecule has 0 aliphatic carbocycles. The van der Waals surface area contributed by atoms with Gasteiger partial charge in [0.15, 0.2) is 0 Å². The molecule has 0 aliphatic rings. The summed E-state index contributed by atoms with van der Waals surface area (Å²) in [4.78, 5) is -1.79. The van der Waals surface area contributed by atoms with Crippen molar-refractivity contribution in [1.82, 2.24) is 0 Å². The van der Waals surface area contributed by atoms with Crippen LogP contribution >= 0.6 is 23.7 Å². The third-order valence-electron chi connectivity index (χ3n) is 1.15. The van der Waals surface area contributed by atoms with Crippen LogP contribution in [0.15, 0.2) is 16.3 Å². The fourth-order valence-electron chi connectivity index (χ4n) is 0.603. The lowest BCUT2D eigenvalue weighted by Crippen LogP contribution is -2.02. The van der Waals surface area contributed by atoms with Crippen LogP contribution in [0, 0.1) is 0 Å². The average molecular weight is 269 g/mol. The van der Waals surface area contributed by atoms with E-state index >= 15 is 0 Å². The minimum absolute atomic E-state index is 0. The lowest BCUT2D eigenvalue weighted by molar-refractivity contribution is -0.134. The summed E-state index contributed by atoms with van der Waals surface area (Å²) in [5, 5.41) is 0.734. The minimum atomic E-state index is -4.58. The highest BCUT2D eigenvalue weighted by Gasteiger charge is 2.33. The number of thiophene rings is 1. The van der Waals surface area contributed by atoms with Crippen LogP contribution in [0.4, 0.5) is 13.2 Å². The van der Waals surface area contributed by atoms with E-state index in [-0.39, 0.29) is 23.7 Å². The Hall–Kier alpha value is -0.310. The maximum Gasteiger partial charge on any atom is 0.425 e. The maximum atomic E-state index is 11.9. The number of hydrogen-bond acceptors (Lipinski definition) is 3. The zero-order valence-corrected chi connectivity index (χ0v) is 8.73. The normalized spacial score (nSPS) is 12.3. The maximum absolute atomic E-state index is 11.9. The Labute approximate surface area is 87.7 Å². The molecule has 14 heavy (non-hydrogen) atoms. The van der Waals surface area contributed by atoms with Gasteiger partial charge in [-0.25, -0.2) is 0 Å². The van der Waals surface area contributed by atoms with Crippen molar-refractivity contribution in [2.24, 2.45) is 0 Å². The minimum Gasteiger partial charge on any atom is -0.282 e. The Balaban J connectivity index is 0.00000169. The SMILES string of the molecule is Cl.O=S(=O)(O)c1csc(C(F)(F)F)c1. The molecule has 0 amide bonds. The molecule has 1 aromatic heterocycles. The Morgan fingerprint density at radius 1 is 1.36 bits per heavy atom. The molecule has 1 aromatic rings. The van der Waals surface area contributed by atoms with Crippen molar-refractivity contribution in [1.29, 1.82) is 0 Å². The molecule has 82 valence electrons. The van der Waals surface area contributed by atoms with Crippen LogP contribution in [-0.4, -0.2) is 13.0 Å². The molecule has 0 spiro atoms. The molecular formula is C5H4ClF3O3S2. The lowest BCUT2D eigenvalue weighted by Gasteiger charge is -1.99. The van der Waals surface area contributed by atoms with Crippen LogP contribution < -0.4 is 0 Å². The first-order chi connectivity index (χ1) is 5.71. The molecule has 3 nitrogen and oxygen atoms in total. The van der Waals surface area contributed by atoms with Crippen molar-refractivity contribution < 1.29 is 26.1 Å². The summed E-state index contributed by atoms with van der Waals surface area (Å²) in [5.74, 6) is 0. The topological polar surface area (TPSA) is 54.4 Å². The molecule has 0 aliphatic heterocycles. The van der Waals surface area contributed by atoms with E-state index in [1.807, 2.05) is 0 Å². The molecule has 9 heteroatoms. The van der Waals surface area contributed by atoms with E-state index < -0.39 is 26.1 Å². The van der Waals surface area contributed by atoms with Gasteiger partial charge in [0.05, 0.1) is 0 Å². The van der Waals surface area contributed by atoms with Gasteiger partial charge in [0.25, 0.3) is 10.1 Å². The molecule has 0 bridgehead atoms. The van der Waals surface area contributed by atoms with Gasteiger partial charge in [0.1, 0.15) is 9.77 Å². The Morgan fingerprint density at radius 3 is 2.07 bits per heavy atom. The Bertz CT molecular complexity index is 408. The molecule has 0 saturated carbocycles. The zero-order chi connectivity index (χ0) is 10.3. The van der Waals surface area contributed by atoms with Crippen molar-refractivity contribution in [3.05, 3.63) is 16.3 Å². The van der Waals surface area contributed by atoms with Gasteiger partial charge in [0.2, 0.25) is 0 Å². The van der Waals surface area contributed by atoms with Gasteiger partial charge in [-0.3, -0.25) is 4.55 Å². The van der Waals surface area contributed by atoms with Crippen LogP contribution in [0.2, 0.25) is 0 Å². The molecule has 1 rings (SSSR count). The first kappa shape index (κ1) is 13.7. The third kappa shape index (κ3) is 3.12. The monoisotopic (exact) mass is 268 g/mol. The van der Waals surface area contributed by atoms with Crippen molar-refractivity contribution in [2.45, 2.75) is 11.1 Å².